The maximum atomic E-state index is 13.0. The highest BCUT2D eigenvalue weighted by molar-refractivity contribution is 7.88. The molecular formula is C21H28N2O3S. The summed E-state index contributed by atoms with van der Waals surface area (Å²) in [5.74, 6) is 1.93. The van der Waals surface area contributed by atoms with Crippen molar-refractivity contribution < 1.29 is 12.8 Å². The lowest BCUT2D eigenvalue weighted by atomic mass is 9.77. The zero-order valence-corrected chi connectivity index (χ0v) is 16.6. The van der Waals surface area contributed by atoms with Crippen molar-refractivity contribution in [2.45, 2.75) is 37.6 Å². The SMILES string of the molecule is CN(Cc1ccco1)C1CCCC2CN(S(=O)(=O)Cc3ccccc3)CC21. The summed E-state index contributed by atoms with van der Waals surface area (Å²) in [4.78, 5) is 2.35. The number of hydrogen-bond donors (Lipinski definition) is 0. The average molecular weight is 389 g/mol. The molecule has 2 heterocycles. The molecule has 1 aromatic carbocycles. The first-order valence-corrected chi connectivity index (χ1v) is 11.4. The van der Waals surface area contributed by atoms with E-state index >= 15 is 0 Å². The zero-order valence-electron chi connectivity index (χ0n) is 15.8. The van der Waals surface area contributed by atoms with Gasteiger partial charge in [-0.1, -0.05) is 36.8 Å². The molecule has 1 saturated heterocycles. The Kier molecular flexibility index (Phi) is 5.39. The van der Waals surface area contributed by atoms with Gasteiger partial charge in [0.1, 0.15) is 5.76 Å². The van der Waals surface area contributed by atoms with Crippen molar-refractivity contribution in [3.8, 4) is 0 Å². The monoisotopic (exact) mass is 388 g/mol. The van der Waals surface area contributed by atoms with E-state index in [9.17, 15) is 8.42 Å². The Morgan fingerprint density at radius 1 is 1.11 bits per heavy atom. The molecule has 1 saturated carbocycles. The number of hydrogen-bond acceptors (Lipinski definition) is 4. The molecule has 27 heavy (non-hydrogen) atoms. The second kappa shape index (κ2) is 7.78. The summed E-state index contributed by atoms with van der Waals surface area (Å²) >= 11 is 0. The second-order valence-corrected chi connectivity index (χ2v) is 9.94. The molecular weight excluding hydrogens is 360 g/mol. The highest BCUT2D eigenvalue weighted by Crippen LogP contribution is 2.40. The number of benzene rings is 1. The molecule has 0 amide bonds. The van der Waals surface area contributed by atoms with Crippen LogP contribution in [0.3, 0.4) is 0 Å². The molecule has 1 aliphatic carbocycles. The molecule has 2 aromatic rings. The van der Waals surface area contributed by atoms with Gasteiger partial charge in [-0.3, -0.25) is 4.90 Å². The molecule has 1 aromatic heterocycles. The van der Waals surface area contributed by atoms with Gasteiger partial charge in [0, 0.05) is 19.1 Å². The third-order valence-corrected chi connectivity index (χ3v) is 7.95. The van der Waals surface area contributed by atoms with E-state index in [0.29, 0.717) is 31.0 Å². The van der Waals surface area contributed by atoms with Gasteiger partial charge in [-0.15, -0.1) is 0 Å². The molecule has 2 fully saturated rings. The Morgan fingerprint density at radius 3 is 2.67 bits per heavy atom. The maximum Gasteiger partial charge on any atom is 0.218 e. The number of nitrogens with zero attached hydrogens (tertiary/aromatic N) is 2. The molecule has 0 bridgehead atoms. The van der Waals surface area contributed by atoms with Gasteiger partial charge < -0.3 is 4.42 Å². The van der Waals surface area contributed by atoms with Crippen LogP contribution < -0.4 is 0 Å². The Labute approximate surface area is 162 Å². The van der Waals surface area contributed by atoms with Crippen molar-refractivity contribution in [1.29, 1.82) is 0 Å². The predicted molar refractivity (Wildman–Crippen MR) is 105 cm³/mol. The van der Waals surface area contributed by atoms with Gasteiger partial charge in [-0.2, -0.15) is 0 Å². The summed E-state index contributed by atoms with van der Waals surface area (Å²) in [6.07, 6.45) is 5.14. The molecule has 0 spiro atoms. The molecule has 5 nitrogen and oxygen atoms in total. The molecule has 3 atom stereocenters. The minimum absolute atomic E-state index is 0.0974. The van der Waals surface area contributed by atoms with E-state index in [1.54, 1.807) is 10.6 Å². The Hall–Kier alpha value is -1.63. The van der Waals surface area contributed by atoms with Crippen LogP contribution in [0.4, 0.5) is 0 Å². The normalized spacial score (nSPS) is 26.4. The van der Waals surface area contributed by atoms with E-state index < -0.39 is 10.0 Å². The summed E-state index contributed by atoms with van der Waals surface area (Å²) in [6, 6.07) is 13.8. The van der Waals surface area contributed by atoms with Gasteiger partial charge in [0.15, 0.2) is 0 Å². The van der Waals surface area contributed by atoms with Crippen molar-refractivity contribution in [3.05, 3.63) is 60.1 Å². The van der Waals surface area contributed by atoms with E-state index in [0.717, 1.165) is 30.7 Å². The number of rotatable bonds is 6. The number of furan rings is 1. The Bertz CT molecular complexity index is 836. The fourth-order valence-corrected chi connectivity index (χ4v) is 6.43. The fourth-order valence-electron chi connectivity index (χ4n) is 4.82. The Balaban J connectivity index is 1.45. The van der Waals surface area contributed by atoms with E-state index in [1.807, 2.05) is 42.5 Å². The molecule has 0 N–H and O–H groups in total. The average Bonchev–Trinajstić information content (AvgIpc) is 3.31. The van der Waals surface area contributed by atoms with Crippen LogP contribution in [-0.2, 0) is 22.3 Å². The van der Waals surface area contributed by atoms with Crippen LogP contribution in [0.5, 0.6) is 0 Å². The topological polar surface area (TPSA) is 53.8 Å². The van der Waals surface area contributed by atoms with Crippen LogP contribution >= 0.6 is 0 Å². The molecule has 0 radical (unpaired) electrons. The lowest BCUT2D eigenvalue weighted by molar-refractivity contribution is 0.0999. The van der Waals surface area contributed by atoms with Gasteiger partial charge in [0.2, 0.25) is 10.0 Å². The standard InChI is InChI=1S/C21H28N2O3S/c1-22(14-19-10-6-12-26-19)21-11-5-9-18-13-23(15-20(18)21)27(24,25)16-17-7-3-2-4-8-17/h2-4,6-8,10,12,18,20-21H,5,9,11,13-16H2,1H3. The van der Waals surface area contributed by atoms with Gasteiger partial charge in [-0.25, -0.2) is 12.7 Å². The van der Waals surface area contributed by atoms with Crippen LogP contribution in [0.25, 0.3) is 0 Å². The van der Waals surface area contributed by atoms with Crippen LogP contribution in [0.2, 0.25) is 0 Å². The lowest BCUT2D eigenvalue weighted by Crippen LogP contribution is -2.43. The van der Waals surface area contributed by atoms with E-state index in [1.165, 1.54) is 6.42 Å². The minimum Gasteiger partial charge on any atom is -0.468 e. The van der Waals surface area contributed by atoms with E-state index in [2.05, 4.69) is 11.9 Å². The highest BCUT2D eigenvalue weighted by atomic mass is 32.2. The third-order valence-electron chi connectivity index (χ3n) is 6.16. The molecule has 3 unspecified atom stereocenters. The molecule has 6 heteroatoms. The third kappa shape index (κ3) is 4.13. The second-order valence-electron chi connectivity index (χ2n) is 7.98. The van der Waals surface area contributed by atoms with Gasteiger partial charge in [-0.05, 0) is 49.4 Å². The largest absolute Gasteiger partial charge is 0.468 e. The summed E-state index contributed by atoms with van der Waals surface area (Å²) in [7, 11) is -1.14. The molecule has 4 rings (SSSR count). The van der Waals surface area contributed by atoms with Crippen LogP contribution in [0, 0.1) is 11.8 Å². The van der Waals surface area contributed by atoms with Crippen LogP contribution in [-0.4, -0.2) is 43.8 Å². The van der Waals surface area contributed by atoms with Crippen molar-refractivity contribution in [2.24, 2.45) is 11.8 Å². The van der Waals surface area contributed by atoms with Crippen molar-refractivity contribution in [2.75, 3.05) is 20.1 Å². The highest BCUT2D eigenvalue weighted by Gasteiger charge is 2.45. The van der Waals surface area contributed by atoms with Crippen LogP contribution in [0.15, 0.2) is 53.1 Å². The maximum absolute atomic E-state index is 13.0. The fraction of sp³-hybridized carbons (Fsp3) is 0.524. The van der Waals surface area contributed by atoms with Gasteiger partial charge in [0.25, 0.3) is 0 Å². The van der Waals surface area contributed by atoms with Crippen molar-refractivity contribution in [1.82, 2.24) is 9.21 Å². The lowest BCUT2D eigenvalue weighted by Gasteiger charge is -2.38. The van der Waals surface area contributed by atoms with Gasteiger partial charge >= 0.3 is 0 Å². The first kappa shape index (κ1) is 18.7. The van der Waals surface area contributed by atoms with Crippen molar-refractivity contribution >= 4 is 10.0 Å². The summed E-state index contributed by atoms with van der Waals surface area (Å²) in [5.41, 5.74) is 0.860. The first-order valence-electron chi connectivity index (χ1n) is 9.77. The molecule has 1 aliphatic heterocycles. The zero-order chi connectivity index (χ0) is 18.9. The molecule has 2 aliphatic rings. The minimum atomic E-state index is -3.27. The first-order chi connectivity index (χ1) is 13.0. The van der Waals surface area contributed by atoms with Crippen LogP contribution in [0.1, 0.15) is 30.6 Å². The summed E-state index contributed by atoms with van der Waals surface area (Å²) < 4.78 is 33.2. The summed E-state index contributed by atoms with van der Waals surface area (Å²) in [6.45, 7) is 2.09. The molecule has 146 valence electrons. The quantitative estimate of drug-likeness (QED) is 0.762. The smallest absolute Gasteiger partial charge is 0.218 e. The van der Waals surface area contributed by atoms with Crippen molar-refractivity contribution in [3.63, 3.8) is 0 Å². The number of fused-ring (bicyclic) bond motifs is 1. The van der Waals surface area contributed by atoms with E-state index in [4.69, 9.17) is 4.42 Å². The van der Waals surface area contributed by atoms with Gasteiger partial charge in [0.05, 0.1) is 18.6 Å². The van der Waals surface area contributed by atoms with E-state index in [-0.39, 0.29) is 5.75 Å². The Morgan fingerprint density at radius 2 is 1.93 bits per heavy atom. The predicted octanol–water partition coefficient (Wildman–Crippen LogP) is 3.34. The number of sulfonamides is 1. The summed E-state index contributed by atoms with van der Waals surface area (Å²) in [5, 5.41) is 0.